The van der Waals surface area contributed by atoms with E-state index in [4.69, 9.17) is 4.18 Å². The molecule has 0 unspecified atom stereocenters. The molecule has 0 amide bonds. The van der Waals surface area contributed by atoms with Crippen molar-refractivity contribution >= 4 is 52.9 Å². The van der Waals surface area contributed by atoms with Gasteiger partial charge in [0.05, 0.1) is 4.47 Å². The smallest absolute Gasteiger partial charge is 0.339 e. The number of halogens is 2. The molecule has 7 heteroatoms. The first-order valence-corrected chi connectivity index (χ1v) is 13.3. The molecule has 0 fully saturated rings. The molecule has 4 nitrogen and oxygen atoms in total. The summed E-state index contributed by atoms with van der Waals surface area (Å²) in [5.41, 5.74) is 3.16. The molecule has 0 aliphatic rings. The second-order valence-corrected chi connectivity index (χ2v) is 11.8. The molecule has 0 spiro atoms. The van der Waals surface area contributed by atoms with Gasteiger partial charge in [-0.3, -0.25) is 4.98 Å². The molecule has 0 radical (unpaired) electrons. The van der Waals surface area contributed by atoms with Crippen LogP contribution in [0.15, 0.2) is 50.4 Å². The minimum Gasteiger partial charge on any atom is -0.375 e. The zero-order valence-corrected chi connectivity index (χ0v) is 22.5. The lowest BCUT2D eigenvalue weighted by atomic mass is 9.89. The number of aromatic nitrogens is 1. The molecule has 0 atom stereocenters. The van der Waals surface area contributed by atoms with Crippen LogP contribution in [0.1, 0.15) is 76.0 Å². The topological polar surface area (TPSA) is 56.3 Å². The molecule has 31 heavy (non-hydrogen) atoms. The van der Waals surface area contributed by atoms with Gasteiger partial charge in [-0.1, -0.05) is 75.7 Å². The van der Waals surface area contributed by atoms with E-state index in [1.165, 1.54) is 0 Å². The molecule has 3 aromatic rings. The lowest BCUT2D eigenvalue weighted by Gasteiger charge is -2.23. The van der Waals surface area contributed by atoms with Gasteiger partial charge in [0, 0.05) is 16.1 Å². The predicted octanol–water partition coefficient (Wildman–Crippen LogP) is 7.90. The number of fused-ring (bicyclic) bond motifs is 1. The standard InChI is InChI=1S/C24H27Br2NO3S/c1-13(2)16-10-18(14(3)4)24(19(11-16)15(5)6)31(28,29)30-23-21(26)12-20(25)17-8-7-9-27-22(17)23/h7-15H,1-6H3. The van der Waals surface area contributed by atoms with Crippen LogP contribution in [0.2, 0.25) is 0 Å². The molecule has 0 bridgehead atoms. The highest BCUT2D eigenvalue weighted by Crippen LogP contribution is 2.41. The summed E-state index contributed by atoms with van der Waals surface area (Å²) in [7, 11) is -4.12. The first kappa shape index (κ1) is 24.2. The molecule has 0 saturated carbocycles. The fourth-order valence-electron chi connectivity index (χ4n) is 3.56. The van der Waals surface area contributed by atoms with Crippen molar-refractivity contribution in [2.24, 2.45) is 0 Å². The average Bonchev–Trinajstić information content (AvgIpc) is 2.69. The monoisotopic (exact) mass is 567 g/mol. The fourth-order valence-corrected chi connectivity index (χ4v) is 6.65. The molecular weight excluding hydrogens is 542 g/mol. The van der Waals surface area contributed by atoms with E-state index in [1.807, 2.05) is 45.9 Å². The van der Waals surface area contributed by atoms with Crippen molar-refractivity contribution in [1.29, 1.82) is 0 Å². The zero-order chi connectivity index (χ0) is 23.1. The molecule has 166 valence electrons. The van der Waals surface area contributed by atoms with Gasteiger partial charge in [-0.25, -0.2) is 0 Å². The van der Waals surface area contributed by atoms with E-state index >= 15 is 0 Å². The van der Waals surface area contributed by atoms with E-state index in [0.717, 1.165) is 26.5 Å². The maximum atomic E-state index is 13.7. The number of hydrogen-bond donors (Lipinski definition) is 0. The van der Waals surface area contributed by atoms with Gasteiger partial charge in [-0.05, 0) is 62.5 Å². The number of nitrogens with zero attached hydrogens (tertiary/aromatic N) is 1. The Morgan fingerprint density at radius 1 is 0.871 bits per heavy atom. The minimum atomic E-state index is -4.12. The summed E-state index contributed by atoms with van der Waals surface area (Å²) in [5, 5.41) is 0.777. The molecule has 0 saturated heterocycles. The highest BCUT2D eigenvalue weighted by Gasteiger charge is 2.30. The quantitative estimate of drug-likeness (QED) is 0.283. The van der Waals surface area contributed by atoms with Crippen molar-refractivity contribution in [2.45, 2.75) is 64.2 Å². The fraction of sp³-hybridized carbons (Fsp3) is 0.375. The van der Waals surface area contributed by atoms with Gasteiger partial charge < -0.3 is 4.18 Å². The molecule has 0 aliphatic heterocycles. The third-order valence-electron chi connectivity index (χ3n) is 5.27. The van der Waals surface area contributed by atoms with Crippen molar-refractivity contribution in [2.75, 3.05) is 0 Å². The van der Waals surface area contributed by atoms with Crippen molar-refractivity contribution in [3.05, 3.63) is 62.2 Å². The maximum Gasteiger partial charge on any atom is 0.339 e. The zero-order valence-electron chi connectivity index (χ0n) is 18.5. The Morgan fingerprint density at radius 3 is 1.97 bits per heavy atom. The van der Waals surface area contributed by atoms with Gasteiger partial charge in [0.2, 0.25) is 0 Å². The largest absolute Gasteiger partial charge is 0.375 e. The van der Waals surface area contributed by atoms with Crippen LogP contribution in [0.3, 0.4) is 0 Å². The average molecular weight is 569 g/mol. The van der Waals surface area contributed by atoms with Gasteiger partial charge in [-0.2, -0.15) is 8.42 Å². The molecular formula is C24H27Br2NO3S. The highest BCUT2D eigenvalue weighted by atomic mass is 79.9. The number of pyridine rings is 1. The first-order chi connectivity index (χ1) is 14.4. The Hall–Kier alpha value is -1.44. The van der Waals surface area contributed by atoms with Crippen molar-refractivity contribution in [3.8, 4) is 5.75 Å². The molecule has 3 rings (SSSR count). The lowest BCUT2D eigenvalue weighted by molar-refractivity contribution is 0.483. The van der Waals surface area contributed by atoms with Crippen LogP contribution >= 0.6 is 31.9 Å². The van der Waals surface area contributed by atoms with Crippen LogP contribution in [-0.4, -0.2) is 13.4 Å². The maximum absolute atomic E-state index is 13.7. The van der Waals surface area contributed by atoms with Crippen LogP contribution in [-0.2, 0) is 10.1 Å². The molecule has 0 aliphatic carbocycles. The van der Waals surface area contributed by atoms with Gasteiger partial charge in [0.1, 0.15) is 10.4 Å². The number of benzene rings is 2. The summed E-state index contributed by atoms with van der Waals surface area (Å²) in [6, 6.07) is 9.46. The van der Waals surface area contributed by atoms with Crippen molar-refractivity contribution in [3.63, 3.8) is 0 Å². The Bertz CT molecular complexity index is 1210. The second-order valence-electron chi connectivity index (χ2n) is 8.60. The van der Waals surface area contributed by atoms with Crippen LogP contribution in [0.4, 0.5) is 0 Å². The second kappa shape index (κ2) is 9.20. The Morgan fingerprint density at radius 2 is 1.45 bits per heavy atom. The summed E-state index contributed by atoms with van der Waals surface area (Å²) in [6.45, 7) is 12.3. The van der Waals surface area contributed by atoms with Crippen LogP contribution in [0.5, 0.6) is 5.75 Å². The van der Waals surface area contributed by atoms with E-state index in [0.29, 0.717) is 15.9 Å². The van der Waals surface area contributed by atoms with E-state index in [-0.39, 0.29) is 22.5 Å². The van der Waals surface area contributed by atoms with Gasteiger partial charge in [0.15, 0.2) is 5.75 Å². The number of hydrogen-bond acceptors (Lipinski definition) is 4. The van der Waals surface area contributed by atoms with Crippen molar-refractivity contribution < 1.29 is 12.6 Å². The summed E-state index contributed by atoms with van der Waals surface area (Å²) >= 11 is 6.97. The molecule has 1 heterocycles. The normalized spacial score (nSPS) is 12.4. The number of rotatable bonds is 6. The Kier molecular flexibility index (Phi) is 7.18. The van der Waals surface area contributed by atoms with E-state index in [1.54, 1.807) is 18.3 Å². The minimum absolute atomic E-state index is 0.0211. The third kappa shape index (κ3) is 4.83. The Labute approximate surface area is 201 Å². The van der Waals surface area contributed by atoms with Crippen LogP contribution < -0.4 is 4.18 Å². The van der Waals surface area contributed by atoms with Crippen molar-refractivity contribution in [1.82, 2.24) is 4.98 Å². The predicted molar refractivity (Wildman–Crippen MR) is 134 cm³/mol. The van der Waals surface area contributed by atoms with E-state index < -0.39 is 10.1 Å². The summed E-state index contributed by atoms with van der Waals surface area (Å²) in [4.78, 5) is 4.65. The summed E-state index contributed by atoms with van der Waals surface area (Å²) in [6.07, 6.45) is 1.62. The van der Waals surface area contributed by atoms with Gasteiger partial charge >= 0.3 is 10.1 Å². The molecule has 1 aromatic heterocycles. The lowest BCUT2D eigenvalue weighted by Crippen LogP contribution is -2.17. The van der Waals surface area contributed by atoms with Gasteiger partial charge in [-0.15, -0.1) is 0 Å². The third-order valence-corrected chi connectivity index (χ3v) is 7.88. The Balaban J connectivity index is 2.28. The van der Waals surface area contributed by atoms with E-state index in [9.17, 15) is 8.42 Å². The first-order valence-electron chi connectivity index (χ1n) is 10.3. The SMILES string of the molecule is CC(C)c1cc(C(C)C)c(S(=O)(=O)Oc2c(Br)cc(Br)c3cccnc23)c(C(C)C)c1. The molecule has 2 aromatic carbocycles. The van der Waals surface area contributed by atoms with Gasteiger partial charge in [0.25, 0.3) is 0 Å². The van der Waals surface area contributed by atoms with Crippen LogP contribution in [0, 0.1) is 0 Å². The summed E-state index contributed by atoms with van der Waals surface area (Å²) < 4.78 is 34.6. The molecule has 0 N–H and O–H groups in total. The summed E-state index contributed by atoms with van der Waals surface area (Å²) in [5.74, 6) is 0.526. The highest BCUT2D eigenvalue weighted by molar-refractivity contribution is 9.11. The van der Waals surface area contributed by atoms with Crippen LogP contribution in [0.25, 0.3) is 10.9 Å². The van der Waals surface area contributed by atoms with E-state index in [2.05, 4.69) is 50.7 Å².